The molecular formula is H2AuMoO2S2Ti. The maximum absolute atomic E-state index is 8.50. The van der Waals surface area contributed by atoms with Crippen molar-refractivity contribution in [2.45, 2.75) is 0 Å². The first-order valence-electron chi connectivity index (χ1n) is 0.608. The molecule has 7 heteroatoms. The molecule has 0 aliphatic carbocycles. The average Bonchev–Trinajstić information content (AvgIpc) is 1.46. The van der Waals surface area contributed by atoms with Crippen LogP contribution in [-0.4, -0.2) is 0 Å². The Balaban J connectivity index is -0.0000000105. The zero-order valence-corrected chi connectivity index (χ0v) is 10.4. The summed E-state index contributed by atoms with van der Waals surface area (Å²) in [6, 6.07) is 0. The first-order valence-corrected chi connectivity index (χ1v) is 3.48. The van der Waals surface area contributed by atoms with Gasteiger partial charge in [0.25, 0.3) is 0 Å². The van der Waals surface area contributed by atoms with Gasteiger partial charge >= 0.3 is 25.7 Å². The van der Waals surface area contributed by atoms with Crippen molar-refractivity contribution >= 4 is 23.3 Å². The van der Waals surface area contributed by atoms with Crippen LogP contribution in [0, 0.1) is 0 Å². The van der Waals surface area contributed by atoms with E-state index in [9.17, 15) is 0 Å². The monoisotopic (exact) mass is 441 g/mol. The van der Waals surface area contributed by atoms with Crippen molar-refractivity contribution in [3.63, 3.8) is 0 Å². The summed E-state index contributed by atoms with van der Waals surface area (Å²) in [5, 5.41) is 0. The predicted octanol–water partition coefficient (Wildman–Crippen LogP) is 0.516. The van der Waals surface area contributed by atoms with Gasteiger partial charge in [0.1, 0.15) is 0 Å². The van der Waals surface area contributed by atoms with E-state index in [0.29, 0.717) is 0 Å². The summed E-state index contributed by atoms with van der Waals surface area (Å²) in [6.07, 6.45) is 0. The Morgan fingerprint density at radius 1 is 1.14 bits per heavy atom. The predicted molar refractivity (Wildman–Crippen MR) is 19.3 cm³/mol. The Kier molecular flexibility index (Phi) is 128. The van der Waals surface area contributed by atoms with Crippen LogP contribution >= 0.6 is 23.3 Å². The third-order valence-electron chi connectivity index (χ3n) is 0. The number of rotatable bonds is 0. The molecule has 0 aliphatic heterocycles. The minimum absolute atomic E-state index is 0. The zero-order chi connectivity index (χ0) is 4.71. The van der Waals surface area contributed by atoms with E-state index in [1.807, 2.05) is 0 Å². The van der Waals surface area contributed by atoms with E-state index in [1.165, 1.54) is 0 Å². The molecule has 2 nitrogen and oxygen atoms in total. The van der Waals surface area contributed by atoms with Gasteiger partial charge in [0.2, 0.25) is 0 Å². The minimum atomic E-state index is -2.00. The molecule has 0 atom stereocenters. The first kappa shape index (κ1) is 22.7. The van der Waals surface area contributed by atoms with Gasteiger partial charge in [0, 0.05) is 43.4 Å². The first-order chi connectivity index (χ1) is 2.41. The summed E-state index contributed by atoms with van der Waals surface area (Å²) in [5.41, 5.74) is 0. The molecule has 0 unspecified atom stereocenters. The molecule has 0 aromatic carbocycles. The summed E-state index contributed by atoms with van der Waals surface area (Å²) < 4.78 is 17.0. The molecule has 0 aromatic rings. The second-order valence-corrected chi connectivity index (χ2v) is 0.344. The van der Waals surface area contributed by atoms with Crippen molar-refractivity contribution in [3.8, 4) is 0 Å². The van der Waals surface area contributed by atoms with Crippen LogP contribution in [0.2, 0.25) is 0 Å². The molecule has 0 saturated carbocycles. The van der Waals surface area contributed by atoms with E-state index in [2.05, 4.69) is 23.3 Å². The van der Waals surface area contributed by atoms with Gasteiger partial charge < -0.3 is 0 Å². The third kappa shape index (κ3) is 58.7. The van der Waals surface area contributed by atoms with Gasteiger partial charge in [0.05, 0.1) is 0 Å². The van der Waals surface area contributed by atoms with Crippen LogP contribution in [0.25, 0.3) is 0 Å². The normalized spacial score (nSPS) is 2.00. The molecular weight excluding hydrogens is 437 g/mol. The quantitative estimate of drug-likeness (QED) is 0.328. The Morgan fingerprint density at radius 3 is 1.14 bits per heavy atom. The second kappa shape index (κ2) is 39.5. The van der Waals surface area contributed by atoms with Gasteiger partial charge in [0.15, 0.2) is 0 Å². The van der Waals surface area contributed by atoms with Gasteiger partial charge in [-0.2, -0.15) is 0 Å². The fourth-order valence-corrected chi connectivity index (χ4v) is 0. The molecule has 0 heterocycles. The Morgan fingerprint density at radius 2 is 1.14 bits per heavy atom. The molecule has 0 bridgehead atoms. The van der Waals surface area contributed by atoms with E-state index < -0.39 is 19.1 Å². The van der Waals surface area contributed by atoms with Gasteiger partial charge in [-0.3, -0.25) is 0 Å². The van der Waals surface area contributed by atoms with Gasteiger partial charge in [-0.25, -0.2) is 0 Å². The Labute approximate surface area is 91.1 Å². The van der Waals surface area contributed by atoms with Gasteiger partial charge in [-0.05, 0) is 0 Å². The molecule has 7 heavy (non-hydrogen) atoms. The molecule has 0 N–H and O–H groups in total. The van der Waals surface area contributed by atoms with E-state index in [1.54, 1.807) is 0 Å². The van der Waals surface area contributed by atoms with Crippen LogP contribution in [0.3, 0.4) is 0 Å². The molecule has 1 radical (unpaired) electrons. The maximum atomic E-state index is 8.50. The Hall–Kier alpha value is 2.44. The fourth-order valence-electron chi connectivity index (χ4n) is 0. The summed E-state index contributed by atoms with van der Waals surface area (Å²) in [5.74, 6) is 0. The molecule has 0 saturated heterocycles. The SMILES string of the molecule is SS.[Au].[Mo].[O]=[Ti]=[O]. The van der Waals surface area contributed by atoms with Gasteiger partial charge in [-0.15, -0.1) is 23.3 Å². The van der Waals surface area contributed by atoms with Crippen molar-refractivity contribution in [1.29, 1.82) is 0 Å². The van der Waals surface area contributed by atoms with Gasteiger partial charge in [-0.1, -0.05) is 0 Å². The molecule has 0 spiro atoms. The van der Waals surface area contributed by atoms with Crippen LogP contribution in [0.5, 0.6) is 0 Å². The number of hydrogen-bond acceptors (Lipinski definition) is 4. The Bertz CT molecular complexity index is 36.7. The molecule has 0 aromatic heterocycles. The summed E-state index contributed by atoms with van der Waals surface area (Å²) in [6.45, 7) is 0. The van der Waals surface area contributed by atoms with Crippen LogP contribution in [-0.2, 0) is 69.2 Å². The van der Waals surface area contributed by atoms with Crippen LogP contribution in [0.15, 0.2) is 0 Å². The van der Waals surface area contributed by atoms with Crippen LogP contribution in [0.4, 0.5) is 0 Å². The molecule has 0 fully saturated rings. The van der Waals surface area contributed by atoms with Crippen LogP contribution < -0.4 is 0 Å². The topological polar surface area (TPSA) is 34.1 Å². The summed E-state index contributed by atoms with van der Waals surface area (Å²) >= 11 is 4.44. The van der Waals surface area contributed by atoms with Crippen molar-refractivity contribution < 1.29 is 69.2 Å². The van der Waals surface area contributed by atoms with Crippen molar-refractivity contribution in [2.75, 3.05) is 0 Å². The molecule has 0 aliphatic rings. The van der Waals surface area contributed by atoms with Crippen molar-refractivity contribution in [1.82, 2.24) is 0 Å². The van der Waals surface area contributed by atoms with Crippen LogP contribution in [0.1, 0.15) is 0 Å². The number of hydrogen-bond donors (Lipinski definition) is 2. The third-order valence-corrected chi connectivity index (χ3v) is 0. The second-order valence-electron chi connectivity index (χ2n) is 0.0833. The standard InChI is InChI=1S/Au.Mo.2O.H2S2.Ti/c;;;;1-2;/h;;;;1-2H;. The van der Waals surface area contributed by atoms with Crippen molar-refractivity contribution in [3.05, 3.63) is 0 Å². The molecule has 0 rings (SSSR count). The number of thiol groups is 2. The van der Waals surface area contributed by atoms with E-state index in [4.69, 9.17) is 6.65 Å². The molecule has 0 amide bonds. The van der Waals surface area contributed by atoms with E-state index in [0.717, 1.165) is 0 Å². The van der Waals surface area contributed by atoms with E-state index in [-0.39, 0.29) is 43.4 Å². The average molecular weight is 439 g/mol. The molecule has 47 valence electrons. The zero-order valence-electron chi connectivity index (χ0n) is 2.92. The summed E-state index contributed by atoms with van der Waals surface area (Å²) in [7, 11) is 0. The van der Waals surface area contributed by atoms with E-state index >= 15 is 0 Å². The summed E-state index contributed by atoms with van der Waals surface area (Å²) in [4.78, 5) is 0. The van der Waals surface area contributed by atoms with Crippen molar-refractivity contribution in [2.24, 2.45) is 0 Å². The fraction of sp³-hybridized carbons (Fsp3) is 0.